The number of benzene rings is 1. The highest BCUT2D eigenvalue weighted by molar-refractivity contribution is 5.30. The lowest BCUT2D eigenvalue weighted by molar-refractivity contribution is 0.187. The number of ether oxygens (including phenoxy) is 1. The molecule has 2 aliphatic heterocycles. The number of aromatic nitrogens is 2. The molecule has 3 heterocycles. The molecular weight excluding hydrogens is 326 g/mol. The second kappa shape index (κ2) is 6.97. The van der Waals surface area contributed by atoms with E-state index in [2.05, 4.69) is 32.9 Å². The van der Waals surface area contributed by atoms with E-state index in [0.717, 1.165) is 49.2 Å². The molecule has 26 heavy (non-hydrogen) atoms. The summed E-state index contributed by atoms with van der Waals surface area (Å²) in [7, 11) is 0. The third-order valence-electron chi connectivity index (χ3n) is 5.45. The zero-order chi connectivity index (χ0) is 18.1. The van der Waals surface area contributed by atoms with Crippen LogP contribution in [0.15, 0.2) is 29.1 Å². The van der Waals surface area contributed by atoms with E-state index in [1.54, 1.807) is 0 Å². The Morgan fingerprint density at radius 2 is 2.15 bits per heavy atom. The summed E-state index contributed by atoms with van der Waals surface area (Å²) < 4.78 is 5.55. The van der Waals surface area contributed by atoms with E-state index in [9.17, 15) is 4.79 Å². The maximum atomic E-state index is 12.4. The topological polar surface area (TPSA) is 58.2 Å². The molecule has 0 spiro atoms. The van der Waals surface area contributed by atoms with Crippen molar-refractivity contribution in [1.29, 1.82) is 0 Å². The van der Waals surface area contributed by atoms with Crippen LogP contribution in [-0.4, -0.2) is 33.6 Å². The van der Waals surface area contributed by atoms with Crippen molar-refractivity contribution in [3.8, 4) is 18.1 Å². The molecule has 1 aromatic heterocycles. The standard InChI is InChI=1S/C21H23N3O2/c1-3-9-26-18-6-4-5-15(10-18)13-24-16-7-8-17(24)12-20-19(11-16)21(25)23-14(2)22-20/h1,4-6,10,16-17H,7-9,11-13H2,2H3,(H,22,23,25)/t16-,17+/m0/s1. The normalized spacial score (nSPS) is 21.7. The van der Waals surface area contributed by atoms with Gasteiger partial charge in [-0.3, -0.25) is 9.69 Å². The number of nitrogens with zero attached hydrogens (tertiary/aromatic N) is 2. The van der Waals surface area contributed by atoms with E-state index < -0.39 is 0 Å². The first-order valence-electron chi connectivity index (χ1n) is 9.13. The van der Waals surface area contributed by atoms with E-state index in [1.165, 1.54) is 5.56 Å². The van der Waals surface area contributed by atoms with Gasteiger partial charge in [-0.15, -0.1) is 6.42 Å². The van der Waals surface area contributed by atoms with E-state index in [-0.39, 0.29) is 12.2 Å². The summed E-state index contributed by atoms with van der Waals surface area (Å²) in [5.74, 6) is 4.01. The zero-order valence-corrected chi connectivity index (χ0v) is 15.0. The van der Waals surface area contributed by atoms with Crippen LogP contribution >= 0.6 is 0 Å². The fourth-order valence-electron chi connectivity index (χ4n) is 4.29. The lowest BCUT2D eigenvalue weighted by Gasteiger charge is -2.28. The number of aryl methyl sites for hydroxylation is 1. The molecule has 1 fully saturated rings. The van der Waals surface area contributed by atoms with Gasteiger partial charge in [-0.25, -0.2) is 4.98 Å². The number of nitrogens with one attached hydrogen (secondary N) is 1. The van der Waals surface area contributed by atoms with Gasteiger partial charge in [0.15, 0.2) is 0 Å². The van der Waals surface area contributed by atoms with Crippen LogP contribution in [0, 0.1) is 19.3 Å². The van der Waals surface area contributed by atoms with E-state index in [4.69, 9.17) is 11.2 Å². The fourth-order valence-corrected chi connectivity index (χ4v) is 4.29. The Morgan fingerprint density at radius 1 is 1.35 bits per heavy atom. The van der Waals surface area contributed by atoms with Crippen LogP contribution < -0.4 is 10.3 Å². The highest BCUT2D eigenvalue weighted by Crippen LogP contribution is 2.34. The number of terminal acetylenes is 1. The predicted octanol–water partition coefficient (Wildman–Crippen LogP) is 2.22. The molecule has 2 bridgehead atoms. The summed E-state index contributed by atoms with van der Waals surface area (Å²) in [5.41, 5.74) is 3.10. The summed E-state index contributed by atoms with van der Waals surface area (Å²) in [6, 6.07) is 8.94. The minimum absolute atomic E-state index is 0.0321. The van der Waals surface area contributed by atoms with Crippen LogP contribution in [0.5, 0.6) is 5.75 Å². The van der Waals surface area contributed by atoms with Gasteiger partial charge in [-0.05, 0) is 43.9 Å². The minimum Gasteiger partial charge on any atom is -0.481 e. The summed E-state index contributed by atoms with van der Waals surface area (Å²) in [5, 5.41) is 0. The Balaban J connectivity index is 1.57. The van der Waals surface area contributed by atoms with Crippen LogP contribution in [0.4, 0.5) is 0 Å². The summed E-state index contributed by atoms with van der Waals surface area (Å²) >= 11 is 0. The molecule has 2 aromatic rings. The first-order valence-corrected chi connectivity index (χ1v) is 9.13. The molecule has 0 saturated carbocycles. The van der Waals surface area contributed by atoms with E-state index in [0.29, 0.717) is 17.9 Å². The average Bonchev–Trinajstić information content (AvgIpc) is 2.89. The van der Waals surface area contributed by atoms with Crippen molar-refractivity contribution in [2.24, 2.45) is 0 Å². The maximum Gasteiger partial charge on any atom is 0.254 e. The molecule has 0 radical (unpaired) electrons. The van der Waals surface area contributed by atoms with Crippen LogP contribution in [0.25, 0.3) is 0 Å². The molecule has 0 aliphatic carbocycles. The van der Waals surface area contributed by atoms with Gasteiger partial charge in [0.25, 0.3) is 5.56 Å². The Hall–Kier alpha value is -2.58. The molecule has 5 heteroatoms. The molecule has 134 valence electrons. The second-order valence-corrected chi connectivity index (χ2v) is 7.18. The Morgan fingerprint density at radius 3 is 2.96 bits per heavy atom. The number of hydrogen-bond acceptors (Lipinski definition) is 4. The van der Waals surface area contributed by atoms with Crippen molar-refractivity contribution < 1.29 is 4.74 Å². The van der Waals surface area contributed by atoms with E-state index in [1.807, 2.05) is 19.1 Å². The van der Waals surface area contributed by atoms with Crippen LogP contribution in [-0.2, 0) is 19.4 Å². The maximum absolute atomic E-state index is 12.4. The van der Waals surface area contributed by atoms with Gasteiger partial charge in [0.2, 0.25) is 0 Å². The number of H-pyrrole nitrogens is 1. The van der Waals surface area contributed by atoms with Gasteiger partial charge in [0.05, 0.1) is 5.69 Å². The Bertz CT molecular complexity index is 912. The van der Waals surface area contributed by atoms with Crippen molar-refractivity contribution in [1.82, 2.24) is 14.9 Å². The van der Waals surface area contributed by atoms with Crippen molar-refractivity contribution >= 4 is 0 Å². The first-order chi connectivity index (χ1) is 12.6. The molecular formula is C21H23N3O2. The average molecular weight is 349 g/mol. The minimum atomic E-state index is 0.0321. The van der Waals surface area contributed by atoms with Gasteiger partial charge in [0, 0.05) is 30.6 Å². The van der Waals surface area contributed by atoms with Crippen molar-refractivity contribution in [2.45, 2.75) is 51.2 Å². The molecule has 0 unspecified atom stereocenters. The fraction of sp³-hybridized carbons (Fsp3) is 0.429. The predicted molar refractivity (Wildman–Crippen MR) is 100 cm³/mol. The molecule has 1 saturated heterocycles. The van der Waals surface area contributed by atoms with Crippen LogP contribution in [0.3, 0.4) is 0 Å². The molecule has 1 N–H and O–H groups in total. The molecule has 0 amide bonds. The first kappa shape index (κ1) is 16.9. The van der Waals surface area contributed by atoms with Gasteiger partial charge in [-0.1, -0.05) is 18.1 Å². The highest BCUT2D eigenvalue weighted by atomic mass is 16.5. The van der Waals surface area contributed by atoms with Crippen LogP contribution in [0.1, 0.15) is 35.5 Å². The van der Waals surface area contributed by atoms with Crippen molar-refractivity contribution in [2.75, 3.05) is 6.61 Å². The number of hydrogen-bond donors (Lipinski definition) is 1. The third kappa shape index (κ3) is 3.25. The SMILES string of the molecule is C#CCOc1cccc(CN2[C@@H]3CC[C@H]2Cc2c(nc(C)[nH]c2=O)C3)c1. The monoisotopic (exact) mass is 349 g/mol. The second-order valence-electron chi connectivity index (χ2n) is 7.18. The molecule has 2 aliphatic rings. The summed E-state index contributed by atoms with van der Waals surface area (Å²) in [6.07, 6.45) is 9.19. The number of fused-ring (bicyclic) bond motifs is 3. The molecule has 5 nitrogen and oxygen atoms in total. The number of aromatic amines is 1. The smallest absolute Gasteiger partial charge is 0.254 e. The largest absolute Gasteiger partial charge is 0.481 e. The van der Waals surface area contributed by atoms with E-state index >= 15 is 0 Å². The third-order valence-corrected chi connectivity index (χ3v) is 5.45. The summed E-state index contributed by atoms with van der Waals surface area (Å²) in [4.78, 5) is 22.4. The highest BCUT2D eigenvalue weighted by Gasteiger charge is 2.38. The van der Waals surface area contributed by atoms with Gasteiger partial charge in [0.1, 0.15) is 18.2 Å². The van der Waals surface area contributed by atoms with Gasteiger partial charge < -0.3 is 9.72 Å². The van der Waals surface area contributed by atoms with Crippen molar-refractivity contribution in [3.63, 3.8) is 0 Å². The number of rotatable bonds is 4. The lowest BCUT2D eigenvalue weighted by atomic mass is 9.98. The van der Waals surface area contributed by atoms with Gasteiger partial charge >= 0.3 is 0 Å². The van der Waals surface area contributed by atoms with Gasteiger partial charge in [-0.2, -0.15) is 0 Å². The quantitative estimate of drug-likeness (QED) is 0.860. The zero-order valence-electron chi connectivity index (χ0n) is 15.0. The molecule has 4 rings (SSSR count). The Labute approximate surface area is 153 Å². The Kier molecular flexibility index (Phi) is 4.52. The summed E-state index contributed by atoms with van der Waals surface area (Å²) in [6.45, 7) is 2.99. The lowest BCUT2D eigenvalue weighted by Crippen LogP contribution is -2.36. The van der Waals surface area contributed by atoms with Crippen LogP contribution in [0.2, 0.25) is 0 Å². The molecule has 2 atom stereocenters. The molecule has 1 aromatic carbocycles. The van der Waals surface area contributed by atoms with Crippen molar-refractivity contribution in [3.05, 3.63) is 57.3 Å².